The molecule has 0 radical (unpaired) electrons. The first-order chi connectivity index (χ1) is 17.7. The molecule has 1 saturated carbocycles. The molecule has 38 heavy (non-hydrogen) atoms. The van der Waals surface area contributed by atoms with Gasteiger partial charge >= 0.3 is 0 Å². The van der Waals surface area contributed by atoms with Crippen LogP contribution in [0.3, 0.4) is 0 Å². The summed E-state index contributed by atoms with van der Waals surface area (Å²) in [4.78, 5) is 0. The third-order valence-electron chi connectivity index (χ3n) is 7.94. The van der Waals surface area contributed by atoms with Crippen molar-refractivity contribution in [3.8, 4) is 22.8 Å². The second-order valence-corrected chi connectivity index (χ2v) is 11.8. The van der Waals surface area contributed by atoms with Crippen LogP contribution in [-0.2, 0) is 37.8 Å². The van der Waals surface area contributed by atoms with E-state index in [4.69, 9.17) is 15.2 Å². The van der Waals surface area contributed by atoms with Crippen molar-refractivity contribution in [2.75, 3.05) is 19.8 Å². The van der Waals surface area contributed by atoms with Crippen LogP contribution in [0.15, 0.2) is 23.4 Å². The topological polar surface area (TPSA) is 100 Å². The van der Waals surface area contributed by atoms with Crippen molar-refractivity contribution >= 4 is 5.71 Å². The minimum atomic E-state index is -0.129. The van der Waals surface area contributed by atoms with Crippen molar-refractivity contribution in [2.24, 2.45) is 11.1 Å². The van der Waals surface area contributed by atoms with Crippen molar-refractivity contribution in [3.05, 3.63) is 40.8 Å². The normalized spacial score (nSPS) is 19.7. The average molecular weight is 695 g/mol. The first kappa shape index (κ1) is 30.7. The van der Waals surface area contributed by atoms with E-state index in [1.54, 1.807) is 0 Å². The van der Waals surface area contributed by atoms with Crippen molar-refractivity contribution in [2.45, 2.75) is 97.1 Å². The predicted octanol–water partition coefficient (Wildman–Crippen LogP) is 7.22. The molecule has 0 amide bonds. The summed E-state index contributed by atoms with van der Waals surface area (Å²) in [5.74, 6) is 1.81. The zero-order valence-corrected chi connectivity index (χ0v) is 26.3. The number of fused-ring (bicyclic) bond motifs is 1. The molecule has 3 N–H and O–H groups in total. The van der Waals surface area contributed by atoms with E-state index in [0.717, 1.165) is 66.4 Å². The Morgan fingerprint density at radius 1 is 1.03 bits per heavy atom. The van der Waals surface area contributed by atoms with Gasteiger partial charge in [0.05, 0.1) is 23.7 Å². The Balaban J connectivity index is 0.000000435. The SMILES string of the molecule is Cc1c(O)cc(-c2cc3c(c(C(C)(C)C)c2)OCCC3=NO)n1CC1CCCCC1.[NH-]C1CCOCC1.[W]. The summed E-state index contributed by atoms with van der Waals surface area (Å²) in [6.45, 7) is 11.6. The van der Waals surface area contributed by atoms with E-state index in [1.165, 1.54) is 32.1 Å². The number of nitrogens with one attached hydrogen (secondary N) is 1. The molecule has 0 unspecified atom stereocenters. The zero-order valence-electron chi connectivity index (χ0n) is 23.4. The summed E-state index contributed by atoms with van der Waals surface area (Å²) in [5.41, 5.74) is 12.6. The van der Waals surface area contributed by atoms with E-state index < -0.39 is 0 Å². The predicted molar refractivity (Wildman–Crippen MR) is 148 cm³/mol. The number of aromatic nitrogens is 1. The van der Waals surface area contributed by atoms with Gasteiger partial charge in [-0.25, -0.2) is 0 Å². The summed E-state index contributed by atoms with van der Waals surface area (Å²) in [5, 5.41) is 23.7. The molecule has 5 rings (SSSR count). The third kappa shape index (κ3) is 7.22. The van der Waals surface area contributed by atoms with Crippen LogP contribution in [0.5, 0.6) is 11.5 Å². The van der Waals surface area contributed by atoms with Gasteiger partial charge in [0, 0.05) is 64.4 Å². The fourth-order valence-electron chi connectivity index (χ4n) is 5.62. The van der Waals surface area contributed by atoms with Gasteiger partial charge in [0.1, 0.15) is 11.5 Å². The quantitative estimate of drug-likeness (QED) is 0.262. The zero-order chi connectivity index (χ0) is 26.6. The summed E-state index contributed by atoms with van der Waals surface area (Å²) >= 11 is 0. The molecule has 210 valence electrons. The Morgan fingerprint density at radius 3 is 2.29 bits per heavy atom. The minimum Gasteiger partial charge on any atom is -0.675 e. The molecule has 3 heterocycles. The molecule has 1 aliphatic carbocycles. The fraction of sp³-hybridized carbons (Fsp3) is 0.633. The van der Waals surface area contributed by atoms with Gasteiger partial charge < -0.3 is 30.1 Å². The molecule has 2 aliphatic heterocycles. The summed E-state index contributed by atoms with van der Waals surface area (Å²) in [7, 11) is 0. The second kappa shape index (κ2) is 13.5. The molecule has 0 atom stereocenters. The second-order valence-electron chi connectivity index (χ2n) is 11.8. The molecule has 2 fully saturated rings. The van der Waals surface area contributed by atoms with Crippen LogP contribution >= 0.6 is 0 Å². The monoisotopic (exact) mass is 694 g/mol. The molecule has 0 bridgehead atoms. The van der Waals surface area contributed by atoms with Gasteiger partial charge in [-0.05, 0) is 61.6 Å². The molecule has 1 saturated heterocycles. The van der Waals surface area contributed by atoms with E-state index in [0.29, 0.717) is 30.4 Å². The number of hydrogen-bond donors (Lipinski definition) is 2. The van der Waals surface area contributed by atoms with Crippen LogP contribution in [0, 0.1) is 12.8 Å². The van der Waals surface area contributed by atoms with E-state index >= 15 is 0 Å². The molecular formula is C30H44N3O4W-. The standard InChI is InChI=1S/C25H34N2O3.C5H10NO.W/c1-16-23(28)14-22(27(16)15-17-8-6-5-7-9-17)18-12-19-21(26-29)10-11-30-24(19)20(13-18)25(2,3)4;6-5-1-3-7-4-2-5;/h12-14,17,28-29H,5-11,15H2,1-4H3;5-6H,1-4H2;/q;-1;. The number of rotatable bonds is 3. The molecule has 3 aliphatic rings. The van der Waals surface area contributed by atoms with Gasteiger partial charge in [-0.1, -0.05) is 45.2 Å². The van der Waals surface area contributed by atoms with E-state index in [-0.39, 0.29) is 32.5 Å². The van der Waals surface area contributed by atoms with Crippen LogP contribution in [0.2, 0.25) is 0 Å². The number of nitrogens with zero attached hydrogens (tertiary/aromatic N) is 2. The maximum atomic E-state index is 10.6. The van der Waals surface area contributed by atoms with Crippen LogP contribution in [0.4, 0.5) is 0 Å². The van der Waals surface area contributed by atoms with E-state index in [2.05, 4.69) is 42.6 Å². The number of aromatic hydroxyl groups is 1. The van der Waals surface area contributed by atoms with Crippen molar-refractivity contribution in [1.29, 1.82) is 0 Å². The Bertz CT molecular complexity index is 1090. The van der Waals surface area contributed by atoms with Crippen LogP contribution in [0.25, 0.3) is 17.0 Å². The molecule has 7 nitrogen and oxygen atoms in total. The number of ether oxygens (including phenoxy) is 2. The Kier molecular flexibility index (Phi) is 10.9. The largest absolute Gasteiger partial charge is 0.675 e. The van der Waals surface area contributed by atoms with E-state index in [9.17, 15) is 10.3 Å². The third-order valence-corrected chi connectivity index (χ3v) is 7.94. The van der Waals surface area contributed by atoms with Gasteiger partial charge in [0.15, 0.2) is 0 Å². The first-order valence-corrected chi connectivity index (χ1v) is 13.9. The summed E-state index contributed by atoms with van der Waals surface area (Å²) in [6.07, 6.45) is 8.89. The number of oxime groups is 1. The van der Waals surface area contributed by atoms with Crippen molar-refractivity contribution < 1.29 is 40.9 Å². The maximum absolute atomic E-state index is 10.6. The molecule has 1 aromatic carbocycles. The number of hydrogen-bond acceptors (Lipinski definition) is 5. The van der Waals surface area contributed by atoms with Crippen LogP contribution in [0.1, 0.15) is 89.0 Å². The molecule has 8 heteroatoms. The average Bonchev–Trinajstić information content (AvgIpc) is 3.17. The minimum absolute atomic E-state index is 0. The van der Waals surface area contributed by atoms with Gasteiger partial charge in [-0.15, -0.1) is 6.04 Å². The molecule has 1 aromatic heterocycles. The maximum Gasteiger partial charge on any atom is 0.136 e. The van der Waals surface area contributed by atoms with Gasteiger partial charge in [-0.3, -0.25) is 0 Å². The smallest absolute Gasteiger partial charge is 0.136 e. The van der Waals surface area contributed by atoms with Crippen LogP contribution in [-0.4, -0.2) is 46.5 Å². The molecule has 2 aromatic rings. The number of benzene rings is 1. The van der Waals surface area contributed by atoms with Gasteiger partial charge in [0.25, 0.3) is 0 Å². The molecular weight excluding hydrogens is 650 g/mol. The van der Waals surface area contributed by atoms with Crippen LogP contribution < -0.4 is 4.74 Å². The Morgan fingerprint density at radius 2 is 1.71 bits per heavy atom. The first-order valence-electron chi connectivity index (χ1n) is 13.9. The van der Waals surface area contributed by atoms with Crippen molar-refractivity contribution in [3.63, 3.8) is 0 Å². The fourth-order valence-corrected chi connectivity index (χ4v) is 5.62. The summed E-state index contributed by atoms with van der Waals surface area (Å²) < 4.78 is 13.3. The summed E-state index contributed by atoms with van der Waals surface area (Å²) in [6, 6.07) is 6.29. The Hall–Kier alpha value is -1.82. The van der Waals surface area contributed by atoms with E-state index in [1.807, 2.05) is 13.0 Å². The van der Waals surface area contributed by atoms with Crippen molar-refractivity contribution in [1.82, 2.24) is 4.57 Å². The Labute approximate surface area is 242 Å². The molecule has 0 spiro atoms. The van der Waals surface area contributed by atoms with Gasteiger partial charge in [0.2, 0.25) is 0 Å². The van der Waals surface area contributed by atoms with Gasteiger partial charge in [-0.2, -0.15) is 0 Å².